The van der Waals surface area contributed by atoms with Gasteiger partial charge >= 0.3 is 0 Å². The Hall–Kier alpha value is -1.13. The number of hydrogen-bond acceptors (Lipinski definition) is 0. The molecule has 2 aromatic rings. The van der Waals surface area contributed by atoms with Gasteiger partial charge < -0.3 is 0 Å². The standard InChI is InChI=1S/C22H31P/c1-9-18-10-13(4)11-19(12(2)3)21(18)20-16(7)14(5)15(6)17(8)22(20)23/h10-12H,9,23H2,1-8H3. The lowest BCUT2D eigenvalue weighted by molar-refractivity contribution is 0.863. The van der Waals surface area contributed by atoms with Crippen molar-refractivity contribution in [2.75, 3.05) is 0 Å². The van der Waals surface area contributed by atoms with E-state index in [0.717, 1.165) is 6.42 Å². The van der Waals surface area contributed by atoms with Gasteiger partial charge in [-0.25, -0.2) is 0 Å². The molecule has 0 fully saturated rings. The van der Waals surface area contributed by atoms with Crippen LogP contribution in [0.4, 0.5) is 0 Å². The third kappa shape index (κ3) is 3.11. The topological polar surface area (TPSA) is 0 Å². The smallest absolute Gasteiger partial charge is 0.00718 e. The van der Waals surface area contributed by atoms with E-state index >= 15 is 0 Å². The molecule has 0 aliphatic carbocycles. The molecule has 124 valence electrons. The second-order valence-electron chi connectivity index (χ2n) is 7.19. The number of benzene rings is 2. The summed E-state index contributed by atoms with van der Waals surface area (Å²) in [6.45, 7) is 18.2. The van der Waals surface area contributed by atoms with Gasteiger partial charge in [0.15, 0.2) is 0 Å². The van der Waals surface area contributed by atoms with Crippen molar-refractivity contribution in [1.82, 2.24) is 0 Å². The molecule has 0 aliphatic heterocycles. The SMILES string of the molecule is CCc1cc(C)cc(C(C)C)c1-c1c(C)c(C)c(C)c(C)c1P. The van der Waals surface area contributed by atoms with E-state index in [1.807, 2.05) is 0 Å². The predicted molar refractivity (Wildman–Crippen MR) is 108 cm³/mol. The van der Waals surface area contributed by atoms with Crippen LogP contribution in [0.15, 0.2) is 12.1 Å². The highest BCUT2D eigenvalue weighted by Gasteiger charge is 2.20. The van der Waals surface area contributed by atoms with Gasteiger partial charge in [-0.3, -0.25) is 0 Å². The first-order valence-corrected chi connectivity index (χ1v) is 9.27. The molecule has 0 radical (unpaired) electrons. The van der Waals surface area contributed by atoms with E-state index in [1.54, 1.807) is 0 Å². The van der Waals surface area contributed by atoms with Gasteiger partial charge in [0.2, 0.25) is 0 Å². The Morgan fingerprint density at radius 3 is 1.91 bits per heavy atom. The monoisotopic (exact) mass is 326 g/mol. The van der Waals surface area contributed by atoms with E-state index in [4.69, 9.17) is 0 Å². The van der Waals surface area contributed by atoms with Crippen molar-refractivity contribution in [3.8, 4) is 11.1 Å². The van der Waals surface area contributed by atoms with Crippen molar-refractivity contribution in [2.24, 2.45) is 0 Å². The summed E-state index contributed by atoms with van der Waals surface area (Å²) in [5.74, 6) is 0.529. The van der Waals surface area contributed by atoms with E-state index in [9.17, 15) is 0 Å². The van der Waals surface area contributed by atoms with E-state index in [1.165, 1.54) is 55.4 Å². The first-order chi connectivity index (χ1) is 10.7. The zero-order valence-electron chi connectivity index (χ0n) is 16.0. The van der Waals surface area contributed by atoms with Crippen LogP contribution in [0, 0.1) is 34.6 Å². The lowest BCUT2D eigenvalue weighted by Gasteiger charge is -2.25. The first-order valence-electron chi connectivity index (χ1n) is 8.70. The highest BCUT2D eigenvalue weighted by atomic mass is 31.0. The van der Waals surface area contributed by atoms with Crippen LogP contribution in [0.3, 0.4) is 0 Å². The van der Waals surface area contributed by atoms with Gasteiger partial charge in [0.05, 0.1) is 0 Å². The molecule has 0 nitrogen and oxygen atoms in total. The molecular weight excluding hydrogens is 295 g/mol. The van der Waals surface area contributed by atoms with Crippen LogP contribution >= 0.6 is 9.24 Å². The van der Waals surface area contributed by atoms with Crippen LogP contribution in [0.5, 0.6) is 0 Å². The normalized spacial score (nSPS) is 11.4. The van der Waals surface area contributed by atoms with Gasteiger partial charge in [-0.05, 0) is 96.8 Å². The fourth-order valence-electron chi connectivity index (χ4n) is 3.59. The van der Waals surface area contributed by atoms with Gasteiger partial charge in [-0.15, -0.1) is 9.24 Å². The minimum absolute atomic E-state index is 0.529. The average Bonchev–Trinajstić information content (AvgIpc) is 2.51. The molecule has 0 heterocycles. The maximum Gasteiger partial charge on any atom is -0.00718 e. The van der Waals surface area contributed by atoms with E-state index in [0.29, 0.717) is 5.92 Å². The third-order valence-electron chi connectivity index (χ3n) is 5.38. The van der Waals surface area contributed by atoms with Gasteiger partial charge in [-0.2, -0.15) is 0 Å². The van der Waals surface area contributed by atoms with Crippen molar-refractivity contribution < 1.29 is 0 Å². The summed E-state index contributed by atoms with van der Waals surface area (Å²) in [5, 5.41) is 1.37. The number of rotatable bonds is 3. The van der Waals surface area contributed by atoms with Crippen LogP contribution in [-0.4, -0.2) is 0 Å². The van der Waals surface area contributed by atoms with Crippen LogP contribution in [0.25, 0.3) is 11.1 Å². The summed E-state index contributed by atoms with van der Waals surface area (Å²) in [5.41, 5.74) is 12.9. The summed E-state index contributed by atoms with van der Waals surface area (Å²) in [6.07, 6.45) is 1.08. The van der Waals surface area contributed by atoms with Crippen LogP contribution in [-0.2, 0) is 6.42 Å². The Labute approximate surface area is 144 Å². The highest BCUT2D eigenvalue weighted by molar-refractivity contribution is 7.28. The van der Waals surface area contributed by atoms with E-state index in [2.05, 4.69) is 76.8 Å². The van der Waals surface area contributed by atoms with Crippen molar-refractivity contribution >= 4 is 14.5 Å². The third-order valence-corrected chi connectivity index (χ3v) is 6.11. The maximum atomic E-state index is 3.02. The van der Waals surface area contributed by atoms with Crippen molar-refractivity contribution in [1.29, 1.82) is 0 Å². The molecule has 1 atom stereocenters. The molecule has 0 aliphatic rings. The fourth-order valence-corrected chi connectivity index (χ4v) is 4.17. The molecule has 0 saturated heterocycles. The Kier molecular flexibility index (Phi) is 5.37. The molecule has 1 heteroatoms. The van der Waals surface area contributed by atoms with Crippen molar-refractivity contribution in [3.63, 3.8) is 0 Å². The minimum atomic E-state index is 0.529. The Morgan fingerprint density at radius 2 is 1.39 bits per heavy atom. The van der Waals surface area contributed by atoms with Gasteiger partial charge in [-0.1, -0.05) is 38.5 Å². The molecule has 23 heavy (non-hydrogen) atoms. The quantitative estimate of drug-likeness (QED) is 0.599. The zero-order chi connectivity index (χ0) is 17.5. The molecule has 0 N–H and O–H groups in total. The molecule has 0 spiro atoms. The van der Waals surface area contributed by atoms with Crippen LogP contribution < -0.4 is 5.30 Å². The van der Waals surface area contributed by atoms with Crippen molar-refractivity contribution in [2.45, 2.75) is 67.7 Å². The lowest BCUT2D eigenvalue weighted by Crippen LogP contribution is -2.12. The van der Waals surface area contributed by atoms with Crippen molar-refractivity contribution in [3.05, 3.63) is 51.1 Å². The zero-order valence-corrected chi connectivity index (χ0v) is 17.2. The molecule has 1 unspecified atom stereocenters. The van der Waals surface area contributed by atoms with Crippen LogP contribution in [0.2, 0.25) is 0 Å². The Morgan fingerprint density at radius 1 is 0.826 bits per heavy atom. The predicted octanol–water partition coefficient (Wildman–Crippen LogP) is 6.08. The molecule has 0 amide bonds. The second-order valence-corrected chi connectivity index (χ2v) is 7.76. The Bertz CT molecular complexity index is 722. The maximum absolute atomic E-state index is 3.02. The summed E-state index contributed by atoms with van der Waals surface area (Å²) >= 11 is 0. The highest BCUT2D eigenvalue weighted by Crippen LogP contribution is 2.38. The minimum Gasteiger partial charge on any atom is -0.105 e. The fraction of sp³-hybridized carbons (Fsp3) is 0.455. The molecule has 0 bridgehead atoms. The summed E-state index contributed by atoms with van der Waals surface area (Å²) < 4.78 is 0. The molecule has 0 saturated carbocycles. The lowest BCUT2D eigenvalue weighted by atomic mass is 9.82. The molecule has 2 aromatic carbocycles. The second kappa shape index (κ2) is 6.78. The molecule has 2 rings (SSSR count). The van der Waals surface area contributed by atoms with E-state index < -0.39 is 0 Å². The summed E-state index contributed by atoms with van der Waals surface area (Å²) in [6, 6.07) is 4.75. The van der Waals surface area contributed by atoms with Gasteiger partial charge in [0.25, 0.3) is 0 Å². The largest absolute Gasteiger partial charge is 0.105 e. The Balaban J connectivity index is 2.98. The van der Waals surface area contributed by atoms with E-state index in [-0.39, 0.29) is 0 Å². The van der Waals surface area contributed by atoms with Gasteiger partial charge in [0, 0.05) is 0 Å². The van der Waals surface area contributed by atoms with Crippen LogP contribution in [0.1, 0.15) is 65.6 Å². The summed E-state index contributed by atoms with van der Waals surface area (Å²) in [4.78, 5) is 0. The van der Waals surface area contributed by atoms with Gasteiger partial charge in [0.1, 0.15) is 0 Å². The average molecular weight is 326 g/mol. The molecular formula is C22H31P. The number of aryl methyl sites for hydroxylation is 2. The summed E-state index contributed by atoms with van der Waals surface area (Å²) in [7, 11) is 3.02. The number of hydrogen-bond donors (Lipinski definition) is 0. The first kappa shape index (κ1) is 18.2. The molecule has 0 aromatic heterocycles.